The minimum absolute atomic E-state index is 0.0776. The maximum absolute atomic E-state index is 11.9. The third kappa shape index (κ3) is 5.25. The molecule has 1 aliphatic rings. The second-order valence-electron chi connectivity index (χ2n) is 4.40. The third-order valence-electron chi connectivity index (χ3n) is 2.94. The van der Waals surface area contributed by atoms with Crippen LogP contribution in [0, 0.1) is 0 Å². The molecule has 1 rings (SSSR count). The molecule has 1 heterocycles. The summed E-state index contributed by atoms with van der Waals surface area (Å²) in [5.41, 5.74) is 0. The average molecular weight is 298 g/mol. The second-order valence-corrected chi connectivity index (χ2v) is 4.40. The van der Waals surface area contributed by atoms with Gasteiger partial charge < -0.3 is 20.1 Å². The summed E-state index contributed by atoms with van der Waals surface area (Å²) in [5, 5.41) is 4.99. The van der Waals surface area contributed by atoms with Crippen molar-refractivity contribution < 1.29 is 28.7 Å². The summed E-state index contributed by atoms with van der Waals surface area (Å²) in [6.07, 6.45) is 3.30. The first-order valence-corrected chi connectivity index (χ1v) is 6.40. The molecule has 0 unspecified atom stereocenters. The van der Waals surface area contributed by atoms with E-state index in [2.05, 4.69) is 20.1 Å². The molecule has 0 aromatic carbocycles. The van der Waals surface area contributed by atoms with Crippen molar-refractivity contribution in [1.29, 1.82) is 0 Å². The molecule has 0 bridgehead atoms. The molecule has 0 aromatic heterocycles. The van der Waals surface area contributed by atoms with Gasteiger partial charge in [-0.3, -0.25) is 9.59 Å². The van der Waals surface area contributed by atoms with E-state index in [4.69, 9.17) is 0 Å². The van der Waals surface area contributed by atoms with Crippen molar-refractivity contribution in [1.82, 2.24) is 10.6 Å². The lowest BCUT2D eigenvalue weighted by atomic mass is 10.1. The van der Waals surface area contributed by atoms with Crippen LogP contribution in [0.3, 0.4) is 0 Å². The molecule has 0 spiro atoms. The number of hydrogen-bond donors (Lipinski definition) is 2. The van der Waals surface area contributed by atoms with Gasteiger partial charge in [-0.2, -0.15) is 0 Å². The van der Waals surface area contributed by atoms with Gasteiger partial charge in [0, 0.05) is 12.5 Å². The van der Waals surface area contributed by atoms with Crippen molar-refractivity contribution >= 4 is 23.8 Å². The monoisotopic (exact) mass is 298 g/mol. The number of hydrogen-bond acceptors (Lipinski definition) is 6. The highest BCUT2D eigenvalue weighted by molar-refractivity contribution is 5.93. The van der Waals surface area contributed by atoms with Gasteiger partial charge in [-0.05, 0) is 12.8 Å². The number of esters is 2. The van der Waals surface area contributed by atoms with E-state index < -0.39 is 29.9 Å². The summed E-state index contributed by atoms with van der Waals surface area (Å²) < 4.78 is 9.01. The van der Waals surface area contributed by atoms with Gasteiger partial charge in [-0.25, -0.2) is 9.59 Å². The van der Waals surface area contributed by atoms with Crippen molar-refractivity contribution in [3.05, 3.63) is 12.2 Å². The Morgan fingerprint density at radius 3 is 2.62 bits per heavy atom. The molecule has 0 aliphatic carbocycles. The maximum Gasteiger partial charge on any atom is 0.330 e. The number of amides is 2. The van der Waals surface area contributed by atoms with Gasteiger partial charge in [-0.15, -0.1) is 0 Å². The quantitative estimate of drug-likeness (QED) is 0.483. The molecule has 8 heteroatoms. The number of carbonyl (C=O) groups is 4. The molecule has 1 fully saturated rings. The minimum Gasteiger partial charge on any atom is -0.467 e. The number of methoxy groups -OCH3 is 2. The lowest BCUT2D eigenvalue weighted by molar-refractivity contribution is -0.145. The van der Waals surface area contributed by atoms with Gasteiger partial charge in [-0.1, -0.05) is 6.08 Å². The zero-order chi connectivity index (χ0) is 15.8. The smallest absolute Gasteiger partial charge is 0.330 e. The van der Waals surface area contributed by atoms with Gasteiger partial charge in [0.15, 0.2) is 0 Å². The Kier molecular flexibility index (Phi) is 6.38. The van der Waals surface area contributed by atoms with Crippen LogP contribution >= 0.6 is 0 Å². The predicted molar refractivity (Wildman–Crippen MR) is 70.9 cm³/mol. The topological polar surface area (TPSA) is 111 Å². The summed E-state index contributed by atoms with van der Waals surface area (Å²) in [6, 6.07) is -1.57. The largest absolute Gasteiger partial charge is 0.467 e. The molecule has 21 heavy (non-hydrogen) atoms. The number of nitrogens with one attached hydrogen (secondary N) is 2. The normalized spacial score (nSPS) is 19.0. The van der Waals surface area contributed by atoms with Crippen LogP contribution in [0.1, 0.15) is 19.3 Å². The van der Waals surface area contributed by atoms with Crippen molar-refractivity contribution in [2.24, 2.45) is 0 Å². The highest BCUT2D eigenvalue weighted by atomic mass is 16.5. The van der Waals surface area contributed by atoms with Gasteiger partial charge in [0.2, 0.25) is 11.8 Å². The summed E-state index contributed by atoms with van der Waals surface area (Å²) in [6.45, 7) is 0. The molecular formula is C13H18N2O6. The van der Waals surface area contributed by atoms with E-state index in [0.717, 1.165) is 6.08 Å². The summed E-state index contributed by atoms with van der Waals surface area (Å²) in [4.78, 5) is 45.5. The summed E-state index contributed by atoms with van der Waals surface area (Å²) in [7, 11) is 2.43. The Labute approximate surface area is 121 Å². The van der Waals surface area contributed by atoms with Crippen molar-refractivity contribution in [2.75, 3.05) is 14.2 Å². The molecule has 0 saturated carbocycles. The van der Waals surface area contributed by atoms with E-state index in [0.29, 0.717) is 6.42 Å². The lowest BCUT2D eigenvalue weighted by Gasteiger charge is -2.17. The Hall–Kier alpha value is -2.38. The van der Waals surface area contributed by atoms with E-state index in [9.17, 15) is 19.2 Å². The second kappa shape index (κ2) is 8.03. The van der Waals surface area contributed by atoms with E-state index in [-0.39, 0.29) is 18.7 Å². The van der Waals surface area contributed by atoms with E-state index in [1.165, 1.54) is 20.3 Å². The van der Waals surface area contributed by atoms with E-state index in [1.807, 2.05) is 0 Å². The van der Waals surface area contributed by atoms with E-state index >= 15 is 0 Å². The Morgan fingerprint density at radius 1 is 1.38 bits per heavy atom. The van der Waals surface area contributed by atoms with Crippen LogP contribution in [0.4, 0.5) is 0 Å². The van der Waals surface area contributed by atoms with Crippen molar-refractivity contribution in [2.45, 2.75) is 31.3 Å². The fourth-order valence-electron chi connectivity index (χ4n) is 1.81. The molecule has 2 N–H and O–H groups in total. The van der Waals surface area contributed by atoms with Gasteiger partial charge in [0.05, 0.1) is 14.2 Å². The Balaban J connectivity index is 2.59. The van der Waals surface area contributed by atoms with Gasteiger partial charge >= 0.3 is 11.9 Å². The minimum atomic E-state index is -0.930. The zero-order valence-corrected chi connectivity index (χ0v) is 11.9. The molecule has 0 radical (unpaired) electrons. The highest BCUT2D eigenvalue weighted by Crippen LogP contribution is 2.07. The van der Waals surface area contributed by atoms with Crippen molar-refractivity contribution in [3.63, 3.8) is 0 Å². The van der Waals surface area contributed by atoms with Crippen LogP contribution in [-0.2, 0) is 28.7 Å². The molecule has 2 amide bonds. The molecule has 2 atom stereocenters. The van der Waals surface area contributed by atoms with Gasteiger partial charge in [0.1, 0.15) is 12.1 Å². The summed E-state index contributed by atoms with van der Waals surface area (Å²) >= 11 is 0. The van der Waals surface area contributed by atoms with Crippen LogP contribution in [0.5, 0.6) is 0 Å². The van der Waals surface area contributed by atoms with E-state index in [1.54, 1.807) is 0 Å². The highest BCUT2D eigenvalue weighted by Gasteiger charge is 2.30. The summed E-state index contributed by atoms with van der Waals surface area (Å²) in [5.74, 6) is -1.85. The number of rotatable bonds is 6. The number of ether oxygens (including phenoxy) is 2. The Bertz CT molecular complexity index is 460. The molecular weight excluding hydrogens is 280 g/mol. The molecule has 8 nitrogen and oxygen atoms in total. The fraction of sp³-hybridized carbons (Fsp3) is 0.538. The average Bonchev–Trinajstić information content (AvgIpc) is 2.91. The first-order chi connectivity index (χ1) is 9.97. The van der Waals surface area contributed by atoms with Gasteiger partial charge in [0.25, 0.3) is 0 Å². The Morgan fingerprint density at radius 2 is 2.10 bits per heavy atom. The SMILES string of the molecule is COC(=O)/C=C/C[C@@H](NC(=O)[C@@H]1CCC(=O)N1)C(=O)OC. The fourth-order valence-corrected chi connectivity index (χ4v) is 1.81. The molecule has 1 saturated heterocycles. The van der Waals surface area contributed by atoms with Crippen molar-refractivity contribution in [3.8, 4) is 0 Å². The molecule has 116 valence electrons. The van der Waals surface area contributed by atoms with Crippen LogP contribution in [0.25, 0.3) is 0 Å². The first-order valence-electron chi connectivity index (χ1n) is 6.40. The lowest BCUT2D eigenvalue weighted by Crippen LogP contribution is -2.48. The maximum atomic E-state index is 11.9. The predicted octanol–water partition coefficient (Wildman–Crippen LogP) is -0.958. The molecule has 1 aliphatic heterocycles. The molecule has 0 aromatic rings. The zero-order valence-electron chi connectivity index (χ0n) is 11.9. The van der Waals surface area contributed by atoms with Crippen LogP contribution in [-0.4, -0.2) is 50.1 Å². The number of carbonyl (C=O) groups excluding carboxylic acids is 4. The van der Waals surface area contributed by atoms with Crippen LogP contribution in [0.15, 0.2) is 12.2 Å². The first kappa shape index (κ1) is 16.7. The standard InChI is InChI=1S/C13H18N2O6/c1-20-11(17)5-3-4-9(13(19)21-2)15-12(18)8-6-7-10(16)14-8/h3,5,8-9H,4,6-7H2,1-2H3,(H,14,16)(H,15,18)/b5-3+/t8-,9+/m0/s1. The van der Waals surface area contributed by atoms with Crippen LogP contribution < -0.4 is 10.6 Å². The third-order valence-corrected chi connectivity index (χ3v) is 2.94. The van der Waals surface area contributed by atoms with Crippen LogP contribution in [0.2, 0.25) is 0 Å².